The molecule has 1 fully saturated rings. The van der Waals surface area contributed by atoms with E-state index in [1.165, 1.54) is 24.3 Å². The van der Waals surface area contributed by atoms with Gasteiger partial charge >= 0.3 is 0 Å². The number of nitrogens with one attached hydrogen (secondary N) is 1. The van der Waals surface area contributed by atoms with Crippen molar-refractivity contribution in [1.29, 1.82) is 0 Å². The van der Waals surface area contributed by atoms with Gasteiger partial charge in [0.2, 0.25) is 10.0 Å². The zero-order valence-corrected chi connectivity index (χ0v) is 12.7. The van der Waals surface area contributed by atoms with Gasteiger partial charge in [0, 0.05) is 5.02 Å². The van der Waals surface area contributed by atoms with Gasteiger partial charge in [0.05, 0.1) is 27.8 Å². The van der Waals surface area contributed by atoms with Gasteiger partial charge in [-0.25, -0.2) is 21.6 Å². The Morgan fingerprint density at radius 3 is 2.21 bits per heavy atom. The normalized spacial score (nSPS) is 26.4. The molecule has 2 rings (SSSR count). The average Bonchev–Trinajstić information content (AvgIpc) is 2.51. The number of sulfone groups is 1. The van der Waals surface area contributed by atoms with Gasteiger partial charge < -0.3 is 0 Å². The van der Waals surface area contributed by atoms with Gasteiger partial charge in [0.25, 0.3) is 0 Å². The minimum Gasteiger partial charge on any atom is -0.229 e. The largest absolute Gasteiger partial charge is 0.240 e. The van der Waals surface area contributed by atoms with Crippen LogP contribution in [0.2, 0.25) is 5.02 Å². The number of sulfonamides is 1. The molecule has 0 amide bonds. The zero-order chi connectivity index (χ0) is 14.3. The van der Waals surface area contributed by atoms with Crippen LogP contribution < -0.4 is 4.72 Å². The smallest absolute Gasteiger partial charge is 0.229 e. The number of hydrogen-bond donors (Lipinski definition) is 1. The highest BCUT2D eigenvalue weighted by molar-refractivity contribution is 7.92. The van der Waals surface area contributed by atoms with Crippen LogP contribution in [0.5, 0.6) is 0 Å². The second kappa shape index (κ2) is 5.21. The van der Waals surface area contributed by atoms with Crippen molar-refractivity contribution in [2.45, 2.75) is 16.3 Å². The summed E-state index contributed by atoms with van der Waals surface area (Å²) in [6, 6.07) is 4.76. The Hall–Kier alpha value is -0.340. The van der Waals surface area contributed by atoms with Crippen molar-refractivity contribution in [3.63, 3.8) is 0 Å². The van der Waals surface area contributed by atoms with Crippen LogP contribution in [0.15, 0.2) is 29.2 Å². The number of halogens is 2. The summed E-state index contributed by atoms with van der Waals surface area (Å²) in [6.07, 6.45) is 0. The molecule has 1 aliphatic rings. The maximum Gasteiger partial charge on any atom is 0.240 e. The maximum atomic E-state index is 12.0. The van der Waals surface area contributed by atoms with Crippen LogP contribution in [-0.2, 0) is 19.9 Å². The third-order valence-corrected chi connectivity index (χ3v) is 6.85. The molecule has 2 atom stereocenters. The maximum absolute atomic E-state index is 12.0. The van der Waals surface area contributed by atoms with Crippen molar-refractivity contribution < 1.29 is 16.8 Å². The van der Waals surface area contributed by atoms with Gasteiger partial charge in [-0.1, -0.05) is 11.6 Å². The number of hydrogen-bond acceptors (Lipinski definition) is 4. The lowest BCUT2D eigenvalue weighted by Gasteiger charge is -2.14. The minimum atomic E-state index is -3.80. The Kier molecular flexibility index (Phi) is 4.13. The van der Waals surface area contributed by atoms with E-state index in [-0.39, 0.29) is 16.4 Å². The molecule has 106 valence electrons. The Bertz CT molecular complexity index is 670. The van der Waals surface area contributed by atoms with E-state index < -0.39 is 31.3 Å². The van der Waals surface area contributed by atoms with Crippen LogP contribution >= 0.6 is 23.2 Å². The van der Waals surface area contributed by atoms with Gasteiger partial charge in [-0.2, -0.15) is 0 Å². The molecule has 0 spiro atoms. The molecular weight excluding hydrogens is 333 g/mol. The molecule has 9 heteroatoms. The molecule has 0 aromatic heterocycles. The van der Waals surface area contributed by atoms with Crippen LogP contribution in [0.25, 0.3) is 0 Å². The fourth-order valence-corrected chi connectivity index (χ4v) is 5.93. The van der Waals surface area contributed by atoms with Crippen LogP contribution in [0.3, 0.4) is 0 Å². The predicted octanol–water partition coefficient (Wildman–Crippen LogP) is 1.02. The van der Waals surface area contributed by atoms with E-state index in [0.29, 0.717) is 5.02 Å². The van der Waals surface area contributed by atoms with Crippen LogP contribution in [0.1, 0.15) is 0 Å². The van der Waals surface area contributed by atoms with Gasteiger partial charge in [-0.3, -0.25) is 0 Å². The molecule has 0 aliphatic carbocycles. The van der Waals surface area contributed by atoms with Gasteiger partial charge in [0.15, 0.2) is 9.84 Å². The summed E-state index contributed by atoms with van der Waals surface area (Å²) in [7, 11) is -7.09. The first kappa shape index (κ1) is 15.1. The lowest BCUT2D eigenvalue weighted by atomic mass is 10.3. The van der Waals surface area contributed by atoms with E-state index in [1.54, 1.807) is 0 Å². The highest BCUT2D eigenvalue weighted by atomic mass is 35.5. The van der Waals surface area contributed by atoms with E-state index >= 15 is 0 Å². The van der Waals surface area contributed by atoms with Crippen molar-refractivity contribution in [3.05, 3.63) is 29.3 Å². The Morgan fingerprint density at radius 2 is 1.74 bits per heavy atom. The van der Waals surface area contributed by atoms with Crippen molar-refractivity contribution in [2.24, 2.45) is 0 Å². The molecule has 1 N–H and O–H groups in total. The van der Waals surface area contributed by atoms with Gasteiger partial charge in [-0.15, -0.1) is 11.6 Å². The fraction of sp³-hybridized carbons (Fsp3) is 0.400. The summed E-state index contributed by atoms with van der Waals surface area (Å²) < 4.78 is 49.2. The molecule has 1 aliphatic heterocycles. The first-order chi connectivity index (χ1) is 8.70. The van der Waals surface area contributed by atoms with Crippen molar-refractivity contribution in [1.82, 2.24) is 4.72 Å². The van der Waals surface area contributed by atoms with Crippen LogP contribution in [0.4, 0.5) is 0 Å². The molecule has 0 radical (unpaired) electrons. The SMILES string of the molecule is O=S1(=O)CC(Cl)C(NS(=O)(=O)c2ccc(Cl)cc2)C1. The lowest BCUT2D eigenvalue weighted by Crippen LogP contribution is -2.40. The quantitative estimate of drug-likeness (QED) is 0.831. The van der Waals surface area contributed by atoms with Crippen LogP contribution in [-0.4, -0.2) is 39.8 Å². The Morgan fingerprint density at radius 1 is 1.16 bits per heavy atom. The minimum absolute atomic E-state index is 0.0186. The van der Waals surface area contributed by atoms with Crippen molar-refractivity contribution in [2.75, 3.05) is 11.5 Å². The third-order valence-electron chi connectivity index (χ3n) is 2.71. The molecule has 1 aromatic carbocycles. The summed E-state index contributed by atoms with van der Waals surface area (Å²) in [5, 5.41) is -0.343. The van der Waals surface area contributed by atoms with Gasteiger partial charge in [0.1, 0.15) is 0 Å². The van der Waals surface area contributed by atoms with Gasteiger partial charge in [-0.05, 0) is 24.3 Å². The molecular formula is C10H11Cl2NO4S2. The second-order valence-electron chi connectivity index (χ2n) is 4.27. The van der Waals surface area contributed by atoms with Crippen molar-refractivity contribution in [3.8, 4) is 0 Å². The first-order valence-corrected chi connectivity index (χ1v) is 9.44. The topological polar surface area (TPSA) is 80.3 Å². The summed E-state index contributed by atoms with van der Waals surface area (Å²) >= 11 is 11.5. The van der Waals surface area contributed by atoms with E-state index in [4.69, 9.17) is 23.2 Å². The molecule has 0 bridgehead atoms. The molecule has 5 nitrogen and oxygen atoms in total. The monoisotopic (exact) mass is 343 g/mol. The molecule has 1 aromatic rings. The molecule has 19 heavy (non-hydrogen) atoms. The first-order valence-electron chi connectivity index (χ1n) is 5.32. The van der Waals surface area contributed by atoms with Crippen molar-refractivity contribution >= 4 is 43.1 Å². The number of rotatable bonds is 3. The molecule has 1 heterocycles. The summed E-state index contributed by atoms with van der Waals surface area (Å²) in [4.78, 5) is 0.0186. The summed E-state index contributed by atoms with van der Waals surface area (Å²) in [5.74, 6) is -0.504. The summed E-state index contributed by atoms with van der Waals surface area (Å²) in [5.41, 5.74) is 0. The predicted molar refractivity (Wildman–Crippen MR) is 73.9 cm³/mol. The van der Waals surface area contributed by atoms with E-state index in [9.17, 15) is 16.8 Å². The highest BCUT2D eigenvalue weighted by Crippen LogP contribution is 2.21. The number of benzene rings is 1. The summed E-state index contributed by atoms with van der Waals surface area (Å²) in [6.45, 7) is 0. The second-order valence-corrected chi connectivity index (χ2v) is 9.14. The average molecular weight is 344 g/mol. The third kappa shape index (κ3) is 3.61. The fourth-order valence-electron chi connectivity index (χ4n) is 1.79. The van der Waals surface area contributed by atoms with E-state index in [2.05, 4.69) is 4.72 Å². The molecule has 0 saturated carbocycles. The number of alkyl halides is 1. The zero-order valence-electron chi connectivity index (χ0n) is 9.58. The lowest BCUT2D eigenvalue weighted by molar-refractivity contribution is 0.563. The molecule has 1 saturated heterocycles. The van der Waals surface area contributed by atoms with E-state index in [1.807, 2.05) is 0 Å². The standard InChI is InChI=1S/C10H11Cl2NO4S2/c11-7-1-3-8(4-2-7)19(16,17)13-10-6-18(14,15)5-9(10)12/h1-4,9-10,13H,5-6H2. The van der Waals surface area contributed by atoms with Crippen LogP contribution in [0, 0.1) is 0 Å². The Balaban J connectivity index is 2.21. The Labute approximate surface area is 121 Å². The molecule has 2 unspecified atom stereocenters. The highest BCUT2D eigenvalue weighted by Gasteiger charge is 2.38. The van der Waals surface area contributed by atoms with E-state index in [0.717, 1.165) is 0 Å².